The lowest BCUT2D eigenvalue weighted by molar-refractivity contribution is -0.143. The summed E-state index contributed by atoms with van der Waals surface area (Å²) >= 11 is 0. The summed E-state index contributed by atoms with van der Waals surface area (Å²) in [5.74, 6) is 1.99. The average Bonchev–Trinajstić information content (AvgIpc) is 2.75. The standard InChI is InChI=1S/C23H35N2O3S/c1-22(2,21(27)29-17-12-24-13-18-29)23(28)10-15-25(16-11-23)14-6-9-20(26)19-7-4-3-5-8-19/h3-5,7-8,24,28H,6,9-18H2,1-2H3/q+1. The molecule has 0 atom stereocenters. The number of hydrogen-bond acceptors (Lipinski definition) is 5. The van der Waals surface area contributed by atoms with Gasteiger partial charge in [0.05, 0.1) is 16.5 Å². The molecule has 0 unspecified atom stereocenters. The number of benzene rings is 1. The molecular weight excluding hydrogens is 384 g/mol. The highest BCUT2D eigenvalue weighted by Crippen LogP contribution is 2.41. The fourth-order valence-electron chi connectivity index (χ4n) is 4.36. The SMILES string of the molecule is CC(C)(C(=O)[S+]1CCNCC1)C1(O)CCN(CCCC(=O)c2ccccc2)CC1. The molecule has 0 saturated carbocycles. The predicted octanol–water partition coefficient (Wildman–Crippen LogP) is 2.25. The number of nitrogens with one attached hydrogen (secondary N) is 1. The molecule has 0 radical (unpaired) electrons. The fourth-order valence-corrected chi connectivity index (χ4v) is 6.63. The van der Waals surface area contributed by atoms with E-state index < -0.39 is 11.0 Å². The highest BCUT2D eigenvalue weighted by atomic mass is 32.2. The van der Waals surface area contributed by atoms with E-state index >= 15 is 0 Å². The number of piperidine rings is 1. The smallest absolute Gasteiger partial charge is 0.339 e. The number of carbonyl (C=O) groups excluding carboxylic acids is 2. The Balaban J connectivity index is 1.47. The maximum Gasteiger partial charge on any atom is 0.339 e. The molecule has 0 aliphatic carbocycles. The summed E-state index contributed by atoms with van der Waals surface area (Å²) in [5.41, 5.74) is -0.860. The maximum atomic E-state index is 13.2. The van der Waals surface area contributed by atoms with Crippen LogP contribution in [-0.4, -0.2) is 70.7 Å². The topological polar surface area (TPSA) is 69.6 Å². The zero-order valence-electron chi connectivity index (χ0n) is 17.8. The number of carbonyl (C=O) groups is 2. The van der Waals surface area contributed by atoms with E-state index in [0.717, 1.165) is 56.2 Å². The highest BCUT2D eigenvalue weighted by Gasteiger charge is 2.55. The van der Waals surface area contributed by atoms with E-state index in [1.165, 1.54) is 0 Å². The van der Waals surface area contributed by atoms with E-state index in [-0.39, 0.29) is 21.8 Å². The van der Waals surface area contributed by atoms with Crippen LogP contribution in [0.1, 0.15) is 49.9 Å². The zero-order chi connectivity index (χ0) is 20.9. The summed E-state index contributed by atoms with van der Waals surface area (Å²) in [6, 6.07) is 9.44. The van der Waals surface area contributed by atoms with E-state index in [1.54, 1.807) is 0 Å². The van der Waals surface area contributed by atoms with Gasteiger partial charge >= 0.3 is 5.12 Å². The Bertz CT molecular complexity index is 693. The molecule has 29 heavy (non-hydrogen) atoms. The number of hydrogen-bond donors (Lipinski definition) is 2. The molecule has 160 valence electrons. The van der Waals surface area contributed by atoms with Crippen molar-refractivity contribution in [2.24, 2.45) is 5.41 Å². The van der Waals surface area contributed by atoms with Gasteiger partial charge in [-0.05, 0) is 39.7 Å². The molecule has 0 spiro atoms. The van der Waals surface area contributed by atoms with Crippen molar-refractivity contribution in [1.82, 2.24) is 10.2 Å². The van der Waals surface area contributed by atoms with Crippen molar-refractivity contribution in [3.63, 3.8) is 0 Å². The van der Waals surface area contributed by atoms with Gasteiger partial charge in [0.2, 0.25) is 0 Å². The minimum absolute atomic E-state index is 0.189. The normalized spacial score (nSPS) is 21.1. The third-order valence-corrected chi connectivity index (χ3v) is 9.07. The van der Waals surface area contributed by atoms with E-state index in [0.29, 0.717) is 19.3 Å². The second-order valence-electron chi connectivity index (χ2n) is 8.83. The molecule has 6 heteroatoms. The molecule has 2 heterocycles. The minimum atomic E-state index is -0.932. The van der Waals surface area contributed by atoms with Crippen molar-refractivity contribution >= 4 is 21.8 Å². The van der Waals surface area contributed by atoms with Crippen molar-refractivity contribution in [2.75, 3.05) is 44.2 Å². The van der Waals surface area contributed by atoms with Gasteiger partial charge in [0, 0.05) is 38.2 Å². The summed E-state index contributed by atoms with van der Waals surface area (Å²) in [7, 11) is -0.236. The first-order valence-electron chi connectivity index (χ1n) is 10.8. The van der Waals surface area contributed by atoms with Crippen molar-refractivity contribution in [2.45, 2.75) is 45.1 Å². The fraction of sp³-hybridized carbons (Fsp3) is 0.652. The number of ketones is 1. The van der Waals surface area contributed by atoms with Gasteiger partial charge in [-0.25, -0.2) is 4.79 Å². The Kier molecular flexibility index (Phi) is 7.54. The third kappa shape index (κ3) is 5.29. The van der Waals surface area contributed by atoms with Crippen molar-refractivity contribution in [1.29, 1.82) is 0 Å². The Labute approximate surface area is 177 Å². The van der Waals surface area contributed by atoms with Gasteiger partial charge in [0.15, 0.2) is 5.78 Å². The lowest BCUT2D eigenvalue weighted by Gasteiger charge is -2.45. The number of likely N-dealkylation sites (tertiary alicyclic amines) is 1. The van der Waals surface area contributed by atoms with Gasteiger partial charge < -0.3 is 15.3 Å². The molecule has 2 aliphatic rings. The molecule has 0 bridgehead atoms. The molecule has 2 aliphatic heterocycles. The number of rotatable bonds is 7. The first-order chi connectivity index (χ1) is 13.8. The second kappa shape index (κ2) is 9.73. The van der Waals surface area contributed by atoms with Crippen LogP contribution in [0.15, 0.2) is 30.3 Å². The van der Waals surface area contributed by atoms with Crippen LogP contribution < -0.4 is 5.32 Å². The van der Waals surface area contributed by atoms with Crippen molar-refractivity contribution in [3.05, 3.63) is 35.9 Å². The molecule has 1 aromatic carbocycles. The van der Waals surface area contributed by atoms with Crippen LogP contribution in [0.3, 0.4) is 0 Å². The van der Waals surface area contributed by atoms with Gasteiger partial charge in [0.25, 0.3) is 0 Å². The monoisotopic (exact) mass is 419 g/mol. The Morgan fingerprint density at radius 2 is 1.76 bits per heavy atom. The summed E-state index contributed by atoms with van der Waals surface area (Å²) in [4.78, 5) is 27.7. The molecule has 2 N–H and O–H groups in total. The van der Waals surface area contributed by atoms with Gasteiger partial charge in [-0.1, -0.05) is 30.3 Å². The lowest BCUT2D eigenvalue weighted by atomic mass is 9.70. The third-order valence-electron chi connectivity index (χ3n) is 6.64. The van der Waals surface area contributed by atoms with E-state index in [2.05, 4.69) is 10.2 Å². The highest BCUT2D eigenvalue weighted by molar-refractivity contribution is 8.11. The second-order valence-corrected chi connectivity index (χ2v) is 11.0. The van der Waals surface area contributed by atoms with Gasteiger partial charge in [-0.15, -0.1) is 0 Å². The Hall–Kier alpha value is -1.21. The van der Waals surface area contributed by atoms with Crippen molar-refractivity contribution in [3.8, 4) is 0 Å². The molecule has 5 nitrogen and oxygen atoms in total. The summed E-state index contributed by atoms with van der Waals surface area (Å²) in [6.07, 6.45) is 2.61. The number of Topliss-reactive ketones (excluding diaryl/α,β-unsaturated/α-hetero) is 1. The van der Waals surface area contributed by atoms with Crippen LogP contribution in [0, 0.1) is 5.41 Å². The summed E-state index contributed by atoms with van der Waals surface area (Å²) in [5, 5.41) is 14.9. The number of nitrogens with zero attached hydrogens (tertiary/aromatic N) is 1. The molecular formula is C23H35N2O3S+. The average molecular weight is 420 g/mol. The Morgan fingerprint density at radius 1 is 1.14 bits per heavy atom. The molecule has 2 saturated heterocycles. The predicted molar refractivity (Wildman–Crippen MR) is 119 cm³/mol. The molecule has 1 aromatic rings. The first kappa shape index (κ1) is 22.5. The molecule has 3 rings (SSSR count). The minimum Gasteiger partial charge on any atom is -0.389 e. The zero-order valence-corrected chi connectivity index (χ0v) is 18.6. The van der Waals surface area contributed by atoms with Gasteiger partial charge in [-0.3, -0.25) is 4.79 Å². The molecule has 0 aromatic heterocycles. The summed E-state index contributed by atoms with van der Waals surface area (Å²) < 4.78 is 0. The van der Waals surface area contributed by atoms with Crippen LogP contribution in [0.2, 0.25) is 0 Å². The van der Waals surface area contributed by atoms with Crippen LogP contribution in [-0.2, 0) is 15.7 Å². The number of aliphatic hydroxyl groups is 1. The first-order valence-corrected chi connectivity index (χ1v) is 12.4. The summed E-state index contributed by atoms with van der Waals surface area (Å²) in [6.45, 7) is 8.11. The molecule has 2 fully saturated rings. The lowest BCUT2D eigenvalue weighted by Crippen LogP contribution is -2.58. The van der Waals surface area contributed by atoms with Crippen molar-refractivity contribution < 1.29 is 14.7 Å². The van der Waals surface area contributed by atoms with Crippen LogP contribution in [0.4, 0.5) is 0 Å². The van der Waals surface area contributed by atoms with Crippen LogP contribution in [0.25, 0.3) is 0 Å². The Morgan fingerprint density at radius 3 is 2.38 bits per heavy atom. The maximum absolute atomic E-state index is 13.2. The van der Waals surface area contributed by atoms with Gasteiger partial charge in [-0.2, -0.15) is 0 Å². The van der Waals surface area contributed by atoms with E-state index in [4.69, 9.17) is 0 Å². The van der Waals surface area contributed by atoms with E-state index in [1.807, 2.05) is 44.2 Å². The van der Waals surface area contributed by atoms with Crippen LogP contribution >= 0.6 is 0 Å². The quantitative estimate of drug-likeness (QED) is 0.524. The molecule has 0 amide bonds. The van der Waals surface area contributed by atoms with Gasteiger partial charge in [0.1, 0.15) is 16.9 Å². The van der Waals surface area contributed by atoms with Crippen LogP contribution in [0.5, 0.6) is 0 Å². The largest absolute Gasteiger partial charge is 0.389 e. The van der Waals surface area contributed by atoms with E-state index in [9.17, 15) is 14.7 Å².